The number of allylic oxidation sites excluding steroid dienone is 1. The zero-order valence-corrected chi connectivity index (χ0v) is 19.9. The molecule has 0 fully saturated rings. The average molecular weight is 489 g/mol. The fourth-order valence-electron chi connectivity index (χ4n) is 4.19. The van der Waals surface area contributed by atoms with Crippen LogP contribution in [0.4, 0.5) is 14.9 Å². The number of nitrogens with zero attached hydrogens (tertiary/aromatic N) is 3. The van der Waals surface area contributed by atoms with Gasteiger partial charge in [0.2, 0.25) is 5.82 Å². The van der Waals surface area contributed by atoms with Crippen LogP contribution in [0.25, 0.3) is 17.0 Å². The highest BCUT2D eigenvalue weighted by Crippen LogP contribution is 2.39. The van der Waals surface area contributed by atoms with Gasteiger partial charge in [-0.3, -0.25) is 4.90 Å². The predicted molar refractivity (Wildman–Crippen MR) is 133 cm³/mol. The molecule has 1 aliphatic rings. The maximum Gasteiger partial charge on any atom is 0.326 e. The van der Waals surface area contributed by atoms with E-state index < -0.39 is 6.04 Å². The SMILES string of the molecule is CCc1ccc(C2NC(=O)N(c3ccc(F)cc3)C(C)=C2c2nc(-c3cccc(Cl)c3)no2)cc1. The van der Waals surface area contributed by atoms with Crippen LogP contribution in [-0.4, -0.2) is 16.2 Å². The van der Waals surface area contributed by atoms with Gasteiger partial charge >= 0.3 is 6.03 Å². The van der Waals surface area contributed by atoms with Crippen molar-refractivity contribution in [2.24, 2.45) is 0 Å². The van der Waals surface area contributed by atoms with Crippen LogP contribution in [0.5, 0.6) is 0 Å². The number of aromatic nitrogens is 2. The highest BCUT2D eigenvalue weighted by molar-refractivity contribution is 6.30. The Hall–Kier alpha value is -3.97. The van der Waals surface area contributed by atoms with Gasteiger partial charge in [-0.05, 0) is 60.9 Å². The average Bonchev–Trinajstić information content (AvgIpc) is 3.35. The zero-order chi connectivity index (χ0) is 24.5. The van der Waals surface area contributed by atoms with E-state index in [0.717, 1.165) is 12.0 Å². The van der Waals surface area contributed by atoms with Crippen LogP contribution in [0.2, 0.25) is 5.02 Å². The van der Waals surface area contributed by atoms with Gasteiger partial charge in [-0.25, -0.2) is 9.18 Å². The van der Waals surface area contributed by atoms with Gasteiger partial charge in [0.15, 0.2) is 0 Å². The molecule has 0 saturated heterocycles. The van der Waals surface area contributed by atoms with Crippen molar-refractivity contribution in [2.75, 3.05) is 4.90 Å². The minimum absolute atomic E-state index is 0.272. The molecule has 2 amide bonds. The summed E-state index contributed by atoms with van der Waals surface area (Å²) < 4.78 is 19.3. The van der Waals surface area contributed by atoms with Crippen molar-refractivity contribution in [1.29, 1.82) is 0 Å². The Bertz CT molecular complexity index is 1410. The van der Waals surface area contributed by atoms with E-state index in [1.807, 2.05) is 43.3 Å². The highest BCUT2D eigenvalue weighted by atomic mass is 35.5. The standard InChI is InChI=1S/C27H22ClFN4O2/c1-3-17-7-9-18(10-8-17)24-23(26-31-25(32-35-26)19-5-4-6-20(28)15-19)16(2)33(27(34)30-24)22-13-11-21(29)12-14-22/h4-15,24H,3H2,1-2H3,(H,30,34). The summed E-state index contributed by atoms with van der Waals surface area (Å²) in [6, 6.07) is 20.1. The Morgan fingerprint density at radius 2 is 1.83 bits per heavy atom. The molecule has 1 unspecified atom stereocenters. The molecule has 6 nitrogen and oxygen atoms in total. The molecule has 2 heterocycles. The van der Waals surface area contributed by atoms with E-state index >= 15 is 0 Å². The van der Waals surface area contributed by atoms with Crippen LogP contribution in [0.3, 0.4) is 0 Å². The lowest BCUT2D eigenvalue weighted by molar-refractivity contribution is 0.244. The number of carbonyl (C=O) groups is 1. The van der Waals surface area contributed by atoms with Gasteiger partial charge in [-0.15, -0.1) is 0 Å². The maximum atomic E-state index is 13.6. The number of aryl methyl sites for hydroxylation is 1. The minimum Gasteiger partial charge on any atom is -0.334 e. The summed E-state index contributed by atoms with van der Waals surface area (Å²) >= 11 is 6.14. The summed E-state index contributed by atoms with van der Waals surface area (Å²) in [6.07, 6.45) is 0.907. The second-order valence-corrected chi connectivity index (χ2v) is 8.66. The molecule has 0 spiro atoms. The number of amides is 2. The van der Waals surface area contributed by atoms with E-state index in [2.05, 4.69) is 22.4 Å². The van der Waals surface area contributed by atoms with E-state index in [1.165, 1.54) is 22.6 Å². The third-order valence-corrected chi connectivity index (χ3v) is 6.27. The van der Waals surface area contributed by atoms with Crippen molar-refractivity contribution < 1.29 is 13.7 Å². The number of benzene rings is 3. The van der Waals surface area contributed by atoms with Crippen LogP contribution in [0, 0.1) is 5.82 Å². The lowest BCUT2D eigenvalue weighted by atomic mass is 9.93. The largest absolute Gasteiger partial charge is 0.334 e. The fraction of sp³-hybridized carbons (Fsp3) is 0.148. The Kier molecular flexibility index (Phi) is 6.09. The van der Waals surface area contributed by atoms with Crippen LogP contribution >= 0.6 is 11.6 Å². The maximum absolute atomic E-state index is 13.6. The molecule has 1 aromatic heterocycles. The molecule has 35 heavy (non-hydrogen) atoms. The molecule has 1 atom stereocenters. The Morgan fingerprint density at radius 3 is 2.51 bits per heavy atom. The molecule has 3 aromatic carbocycles. The van der Waals surface area contributed by atoms with Crippen molar-refractivity contribution in [3.63, 3.8) is 0 Å². The lowest BCUT2D eigenvalue weighted by Crippen LogP contribution is -2.46. The predicted octanol–water partition coefficient (Wildman–Crippen LogP) is 6.79. The molecule has 0 bridgehead atoms. The lowest BCUT2D eigenvalue weighted by Gasteiger charge is -2.35. The summed E-state index contributed by atoms with van der Waals surface area (Å²) in [5.41, 5.74) is 4.56. The van der Waals surface area contributed by atoms with E-state index in [1.54, 1.807) is 24.3 Å². The molecule has 0 radical (unpaired) electrons. The van der Waals surface area contributed by atoms with E-state index in [9.17, 15) is 9.18 Å². The number of anilines is 1. The van der Waals surface area contributed by atoms with Gasteiger partial charge in [0.05, 0.1) is 17.3 Å². The first-order chi connectivity index (χ1) is 16.9. The second-order valence-electron chi connectivity index (χ2n) is 8.22. The van der Waals surface area contributed by atoms with Gasteiger partial charge in [0, 0.05) is 16.3 Å². The number of hydrogen-bond donors (Lipinski definition) is 1. The van der Waals surface area contributed by atoms with Gasteiger partial charge in [0.1, 0.15) is 5.82 Å². The van der Waals surface area contributed by atoms with Gasteiger partial charge in [0.25, 0.3) is 5.89 Å². The molecule has 5 rings (SSSR count). The van der Waals surface area contributed by atoms with Gasteiger partial charge in [-0.2, -0.15) is 4.98 Å². The molecule has 0 aliphatic carbocycles. The van der Waals surface area contributed by atoms with Crippen LogP contribution in [0.1, 0.15) is 36.9 Å². The summed E-state index contributed by atoms with van der Waals surface area (Å²) in [5, 5.41) is 7.78. The molecule has 176 valence electrons. The molecule has 0 saturated carbocycles. The molecular formula is C27H22ClFN4O2. The van der Waals surface area contributed by atoms with Gasteiger partial charge < -0.3 is 9.84 Å². The monoisotopic (exact) mass is 488 g/mol. The molecule has 8 heteroatoms. The summed E-state index contributed by atoms with van der Waals surface area (Å²) in [6.45, 7) is 3.90. The third-order valence-electron chi connectivity index (χ3n) is 6.03. The van der Waals surface area contributed by atoms with Crippen molar-refractivity contribution in [2.45, 2.75) is 26.3 Å². The Morgan fingerprint density at radius 1 is 1.09 bits per heavy atom. The van der Waals surface area contributed by atoms with Crippen LogP contribution in [-0.2, 0) is 6.42 Å². The Balaban J connectivity index is 1.64. The molecule has 4 aromatic rings. The number of halogens is 2. The van der Waals surface area contributed by atoms with Crippen LogP contribution < -0.4 is 10.2 Å². The molecular weight excluding hydrogens is 467 g/mol. The number of hydrogen-bond acceptors (Lipinski definition) is 4. The third kappa shape index (κ3) is 4.42. The summed E-state index contributed by atoms with van der Waals surface area (Å²) in [5.74, 6) is 0.271. The Labute approximate surface area is 207 Å². The van der Waals surface area contributed by atoms with E-state index in [4.69, 9.17) is 16.1 Å². The number of urea groups is 1. The smallest absolute Gasteiger partial charge is 0.326 e. The minimum atomic E-state index is -0.516. The summed E-state index contributed by atoms with van der Waals surface area (Å²) in [4.78, 5) is 19.4. The van der Waals surface area contributed by atoms with Crippen molar-refractivity contribution in [1.82, 2.24) is 15.5 Å². The van der Waals surface area contributed by atoms with Crippen molar-refractivity contribution in [3.8, 4) is 11.4 Å². The number of carbonyl (C=O) groups excluding carboxylic acids is 1. The van der Waals surface area contributed by atoms with Crippen molar-refractivity contribution >= 4 is 28.9 Å². The first-order valence-corrected chi connectivity index (χ1v) is 11.6. The normalized spacial score (nSPS) is 15.9. The molecule has 1 aliphatic heterocycles. The zero-order valence-electron chi connectivity index (χ0n) is 19.1. The first-order valence-electron chi connectivity index (χ1n) is 11.2. The van der Waals surface area contributed by atoms with Gasteiger partial charge in [-0.1, -0.05) is 60.1 Å². The van der Waals surface area contributed by atoms with Crippen molar-refractivity contribution in [3.05, 3.63) is 106 Å². The first kappa shape index (κ1) is 22.8. The topological polar surface area (TPSA) is 71.3 Å². The number of rotatable bonds is 5. The fourth-order valence-corrected chi connectivity index (χ4v) is 4.38. The van der Waals surface area contributed by atoms with E-state index in [-0.39, 0.29) is 17.7 Å². The van der Waals surface area contributed by atoms with E-state index in [0.29, 0.717) is 33.4 Å². The molecule has 1 N–H and O–H groups in total. The summed E-state index contributed by atoms with van der Waals surface area (Å²) in [7, 11) is 0. The quantitative estimate of drug-likeness (QED) is 0.335. The highest BCUT2D eigenvalue weighted by Gasteiger charge is 2.36. The number of nitrogens with one attached hydrogen (secondary N) is 1. The second kappa shape index (κ2) is 9.35. The van der Waals surface area contributed by atoms with Crippen LogP contribution in [0.15, 0.2) is 83.0 Å².